The molecule has 0 atom stereocenters. The highest BCUT2D eigenvalue weighted by Gasteiger charge is 2.08. The van der Waals surface area contributed by atoms with E-state index in [2.05, 4.69) is 15.8 Å². The zero-order valence-electron chi connectivity index (χ0n) is 15.2. The molecule has 0 saturated carbocycles. The molecule has 0 bridgehead atoms. The first-order chi connectivity index (χ1) is 12.5. The Hall–Kier alpha value is -3.15. The number of nitrogens with one attached hydrogen (secondary N) is 2. The number of amides is 2. The van der Waals surface area contributed by atoms with Crippen molar-refractivity contribution in [2.45, 2.75) is 26.7 Å². The van der Waals surface area contributed by atoms with Gasteiger partial charge in [0.1, 0.15) is 5.75 Å². The average molecular weight is 353 g/mol. The minimum atomic E-state index is -0.327. The summed E-state index contributed by atoms with van der Waals surface area (Å²) in [6.07, 6.45) is 1.65. The van der Waals surface area contributed by atoms with Gasteiger partial charge in [0, 0.05) is 24.1 Å². The number of ether oxygens (including phenoxy) is 1. The maximum Gasteiger partial charge on any atom is 0.240 e. The van der Waals surface area contributed by atoms with E-state index in [0.717, 1.165) is 22.4 Å². The van der Waals surface area contributed by atoms with E-state index in [1.54, 1.807) is 13.2 Å². The number of aryl methyl sites for hydroxylation is 2. The molecule has 0 radical (unpaired) electrons. The van der Waals surface area contributed by atoms with Crippen LogP contribution < -0.4 is 15.5 Å². The topological polar surface area (TPSA) is 79.8 Å². The predicted molar refractivity (Wildman–Crippen MR) is 103 cm³/mol. The molecule has 2 N–H and O–H groups in total. The lowest BCUT2D eigenvalue weighted by molar-refractivity contribution is -0.124. The van der Waals surface area contributed by atoms with Gasteiger partial charge in [-0.2, -0.15) is 5.10 Å². The monoisotopic (exact) mass is 353 g/mol. The van der Waals surface area contributed by atoms with Crippen LogP contribution in [0.25, 0.3) is 0 Å². The summed E-state index contributed by atoms with van der Waals surface area (Å²) >= 11 is 0. The summed E-state index contributed by atoms with van der Waals surface area (Å²) in [6.45, 7) is 3.93. The summed E-state index contributed by atoms with van der Waals surface area (Å²) in [5.41, 5.74) is 6.05. The number of hydrogen-bond donors (Lipinski definition) is 2. The van der Waals surface area contributed by atoms with E-state index in [1.165, 1.54) is 6.21 Å². The van der Waals surface area contributed by atoms with Gasteiger partial charge in [-0.25, -0.2) is 5.43 Å². The highest BCUT2D eigenvalue weighted by atomic mass is 16.5. The van der Waals surface area contributed by atoms with Crippen molar-refractivity contribution in [3.8, 4) is 5.75 Å². The van der Waals surface area contributed by atoms with Crippen molar-refractivity contribution in [1.29, 1.82) is 0 Å². The lowest BCUT2D eigenvalue weighted by atomic mass is 10.1. The molecule has 6 heteroatoms. The van der Waals surface area contributed by atoms with Crippen molar-refractivity contribution in [3.05, 3.63) is 59.2 Å². The fourth-order valence-corrected chi connectivity index (χ4v) is 2.40. The van der Waals surface area contributed by atoms with Gasteiger partial charge in [-0.15, -0.1) is 0 Å². The number of carbonyl (C=O) groups is 2. The number of carbonyl (C=O) groups excluding carboxylic acids is 2. The number of rotatable bonds is 7. The molecule has 2 aromatic carbocycles. The van der Waals surface area contributed by atoms with Gasteiger partial charge in [-0.1, -0.05) is 29.8 Å². The van der Waals surface area contributed by atoms with Crippen molar-refractivity contribution in [3.63, 3.8) is 0 Å². The van der Waals surface area contributed by atoms with E-state index in [0.29, 0.717) is 5.75 Å². The number of nitrogens with zero attached hydrogens (tertiary/aromatic N) is 1. The van der Waals surface area contributed by atoms with Gasteiger partial charge in [0.25, 0.3) is 0 Å². The molecule has 0 saturated heterocycles. The van der Waals surface area contributed by atoms with Crippen molar-refractivity contribution in [2.24, 2.45) is 5.10 Å². The number of anilines is 1. The lowest BCUT2D eigenvalue weighted by Crippen LogP contribution is -2.21. The Morgan fingerprint density at radius 2 is 1.81 bits per heavy atom. The SMILES string of the molecule is COc1ccccc1/C=N\NC(=O)CCC(=O)Nc1ccc(C)cc1C. The number of para-hydroxylation sites is 1. The summed E-state index contributed by atoms with van der Waals surface area (Å²) in [7, 11) is 1.57. The second-order valence-corrected chi connectivity index (χ2v) is 5.90. The van der Waals surface area contributed by atoms with Crippen LogP contribution in [0.2, 0.25) is 0 Å². The van der Waals surface area contributed by atoms with Gasteiger partial charge < -0.3 is 10.1 Å². The van der Waals surface area contributed by atoms with Gasteiger partial charge in [0.2, 0.25) is 11.8 Å². The fourth-order valence-electron chi connectivity index (χ4n) is 2.40. The van der Waals surface area contributed by atoms with Crippen LogP contribution in [0, 0.1) is 13.8 Å². The van der Waals surface area contributed by atoms with E-state index in [1.807, 2.05) is 50.2 Å². The smallest absolute Gasteiger partial charge is 0.240 e. The third-order valence-electron chi connectivity index (χ3n) is 3.77. The highest BCUT2D eigenvalue weighted by Crippen LogP contribution is 2.16. The molecule has 6 nitrogen and oxygen atoms in total. The Balaban J connectivity index is 1.79. The van der Waals surface area contributed by atoms with Gasteiger partial charge in [-0.3, -0.25) is 9.59 Å². The van der Waals surface area contributed by atoms with Gasteiger partial charge in [0.05, 0.1) is 13.3 Å². The molecule has 0 spiro atoms. The summed E-state index contributed by atoms with van der Waals surface area (Å²) < 4.78 is 5.20. The standard InChI is InChI=1S/C20H23N3O3/c1-14-8-9-17(15(2)12-14)22-19(24)10-11-20(25)23-21-13-16-6-4-5-7-18(16)26-3/h4-9,12-13H,10-11H2,1-3H3,(H,22,24)(H,23,25)/b21-13-. The zero-order chi connectivity index (χ0) is 18.9. The van der Waals surface area contributed by atoms with Crippen LogP contribution in [-0.4, -0.2) is 25.1 Å². The summed E-state index contributed by atoms with van der Waals surface area (Å²) in [6, 6.07) is 13.1. The summed E-state index contributed by atoms with van der Waals surface area (Å²) in [5.74, 6) is 0.131. The molecular weight excluding hydrogens is 330 g/mol. The van der Waals surface area contributed by atoms with Crippen LogP contribution in [0.5, 0.6) is 5.75 Å². The Morgan fingerprint density at radius 1 is 1.08 bits per heavy atom. The normalized spacial score (nSPS) is 10.6. The van der Waals surface area contributed by atoms with Crippen molar-refractivity contribution in [2.75, 3.05) is 12.4 Å². The maximum atomic E-state index is 12.0. The average Bonchev–Trinajstić information content (AvgIpc) is 2.63. The minimum absolute atomic E-state index is 0.0556. The molecule has 136 valence electrons. The molecule has 26 heavy (non-hydrogen) atoms. The third kappa shape index (κ3) is 5.73. The Morgan fingerprint density at radius 3 is 2.54 bits per heavy atom. The molecule has 0 aliphatic rings. The number of methoxy groups -OCH3 is 1. The van der Waals surface area contributed by atoms with E-state index >= 15 is 0 Å². The molecule has 0 fully saturated rings. The molecule has 2 aromatic rings. The summed E-state index contributed by atoms with van der Waals surface area (Å²) in [4.78, 5) is 23.8. The number of hydrogen-bond acceptors (Lipinski definition) is 4. The number of benzene rings is 2. The van der Waals surface area contributed by atoms with Crippen LogP contribution in [0.4, 0.5) is 5.69 Å². The Bertz CT molecular complexity index is 816. The van der Waals surface area contributed by atoms with Gasteiger partial charge in [0.15, 0.2) is 0 Å². The van der Waals surface area contributed by atoms with Gasteiger partial charge >= 0.3 is 0 Å². The molecule has 0 aliphatic heterocycles. The second-order valence-electron chi connectivity index (χ2n) is 5.90. The third-order valence-corrected chi connectivity index (χ3v) is 3.77. The fraction of sp³-hybridized carbons (Fsp3) is 0.250. The van der Waals surface area contributed by atoms with E-state index in [-0.39, 0.29) is 24.7 Å². The molecule has 2 rings (SSSR count). The molecule has 0 aliphatic carbocycles. The van der Waals surface area contributed by atoms with Crippen molar-refractivity contribution in [1.82, 2.24) is 5.43 Å². The number of hydrazone groups is 1. The first-order valence-electron chi connectivity index (χ1n) is 8.31. The highest BCUT2D eigenvalue weighted by molar-refractivity contribution is 5.94. The molecular formula is C20H23N3O3. The zero-order valence-corrected chi connectivity index (χ0v) is 15.2. The largest absolute Gasteiger partial charge is 0.496 e. The van der Waals surface area contributed by atoms with Crippen LogP contribution in [0.1, 0.15) is 29.5 Å². The van der Waals surface area contributed by atoms with E-state index < -0.39 is 0 Å². The van der Waals surface area contributed by atoms with E-state index in [4.69, 9.17) is 4.74 Å². The molecule has 0 heterocycles. The molecule has 0 aromatic heterocycles. The first-order valence-corrected chi connectivity index (χ1v) is 8.31. The Labute approximate surface area is 153 Å². The van der Waals surface area contributed by atoms with Crippen molar-refractivity contribution >= 4 is 23.7 Å². The first kappa shape index (κ1) is 19.2. The quantitative estimate of drug-likeness (QED) is 0.593. The maximum absolute atomic E-state index is 12.0. The van der Waals surface area contributed by atoms with Crippen LogP contribution in [-0.2, 0) is 9.59 Å². The van der Waals surface area contributed by atoms with Crippen LogP contribution in [0.15, 0.2) is 47.6 Å². The minimum Gasteiger partial charge on any atom is -0.496 e. The van der Waals surface area contributed by atoms with Crippen LogP contribution in [0.3, 0.4) is 0 Å². The second kappa shape index (κ2) is 9.36. The Kier molecular flexibility index (Phi) is 6.91. The summed E-state index contributed by atoms with van der Waals surface area (Å²) in [5, 5.41) is 6.72. The molecule has 2 amide bonds. The lowest BCUT2D eigenvalue weighted by Gasteiger charge is -2.08. The van der Waals surface area contributed by atoms with Crippen molar-refractivity contribution < 1.29 is 14.3 Å². The van der Waals surface area contributed by atoms with Crippen LogP contribution >= 0.6 is 0 Å². The van der Waals surface area contributed by atoms with Gasteiger partial charge in [-0.05, 0) is 37.6 Å². The van der Waals surface area contributed by atoms with E-state index in [9.17, 15) is 9.59 Å². The molecule has 0 unspecified atom stereocenters. The predicted octanol–water partition coefficient (Wildman–Crippen LogP) is 3.18.